The first-order chi connectivity index (χ1) is 22.9. The highest BCUT2D eigenvalue weighted by Gasteiger charge is 2.41. The summed E-state index contributed by atoms with van der Waals surface area (Å²) in [5.41, 5.74) is -1.24. The Hall–Kier alpha value is -4.72. The second kappa shape index (κ2) is 13.4. The Morgan fingerprint density at radius 2 is 1.69 bits per heavy atom. The van der Waals surface area contributed by atoms with E-state index < -0.39 is 47.1 Å². The fraction of sp³-hybridized carbons (Fsp3) is 0.286. The van der Waals surface area contributed by atoms with Crippen LogP contribution in [0.1, 0.15) is 46.7 Å². The minimum absolute atomic E-state index is 0.0428. The summed E-state index contributed by atoms with van der Waals surface area (Å²) in [6, 6.07) is 17.9. The zero-order valence-corrected chi connectivity index (χ0v) is 25.6. The lowest BCUT2D eigenvalue weighted by Crippen LogP contribution is -2.41. The van der Waals surface area contributed by atoms with E-state index in [1.54, 1.807) is 25.1 Å². The van der Waals surface area contributed by atoms with E-state index in [0.29, 0.717) is 25.2 Å². The van der Waals surface area contributed by atoms with E-state index in [-0.39, 0.29) is 23.7 Å². The standard InChI is InChI=1S/C35H31F5N4O4/c1-21(34(46,18-44-20-41-19-42-44)30-11-8-28(36)15-31(30)37)12-22-16-47-33(48-17-22)26-5-3-23-13-25(4-2-24(23)14-26)32(45)43-29-9-6-27(7-10-29)35(38,39)40/h2-11,13-15,19-22,33,46H,12,16-18H2,1H3,(H,43,45). The van der Waals surface area contributed by atoms with Crippen LogP contribution in [0.2, 0.25) is 0 Å². The van der Waals surface area contributed by atoms with Crippen molar-refractivity contribution in [3.63, 3.8) is 0 Å². The molecule has 2 atom stereocenters. The van der Waals surface area contributed by atoms with Gasteiger partial charge < -0.3 is 19.9 Å². The van der Waals surface area contributed by atoms with Crippen LogP contribution in [-0.4, -0.2) is 39.0 Å². The Bertz CT molecular complexity index is 1890. The zero-order chi connectivity index (χ0) is 34.1. The number of nitrogens with zero attached hydrogens (tertiary/aromatic N) is 3. The lowest BCUT2D eigenvalue weighted by Gasteiger charge is -2.38. The molecule has 1 amide bonds. The Morgan fingerprint density at radius 1 is 0.979 bits per heavy atom. The van der Waals surface area contributed by atoms with Crippen LogP contribution >= 0.6 is 0 Å². The van der Waals surface area contributed by atoms with Crippen LogP contribution in [0.3, 0.4) is 0 Å². The Balaban J connectivity index is 1.09. The largest absolute Gasteiger partial charge is 0.416 e. The minimum atomic E-state index is -4.46. The third-order valence-electron chi connectivity index (χ3n) is 8.60. The van der Waals surface area contributed by atoms with Crippen molar-refractivity contribution in [2.24, 2.45) is 11.8 Å². The molecule has 48 heavy (non-hydrogen) atoms. The van der Waals surface area contributed by atoms with Crippen molar-refractivity contribution in [2.45, 2.75) is 38.0 Å². The molecule has 1 saturated heterocycles. The van der Waals surface area contributed by atoms with E-state index in [4.69, 9.17) is 9.47 Å². The summed E-state index contributed by atoms with van der Waals surface area (Å²) in [5, 5.41) is 20.1. The van der Waals surface area contributed by atoms with Gasteiger partial charge in [0.1, 0.15) is 29.9 Å². The first-order valence-electron chi connectivity index (χ1n) is 15.1. The summed E-state index contributed by atoms with van der Waals surface area (Å²) < 4.78 is 80.6. The molecule has 2 N–H and O–H groups in total. The molecule has 5 aromatic rings. The fourth-order valence-corrected chi connectivity index (χ4v) is 5.97. The van der Waals surface area contributed by atoms with Crippen molar-refractivity contribution < 1.29 is 41.3 Å². The predicted molar refractivity (Wildman–Crippen MR) is 166 cm³/mol. The van der Waals surface area contributed by atoms with Crippen LogP contribution in [0.4, 0.5) is 27.6 Å². The van der Waals surface area contributed by atoms with E-state index in [0.717, 1.165) is 40.6 Å². The number of nitrogens with one attached hydrogen (secondary N) is 1. The monoisotopic (exact) mass is 666 g/mol. The Kier molecular flexibility index (Phi) is 9.28. The second-order valence-corrected chi connectivity index (χ2v) is 12.0. The van der Waals surface area contributed by atoms with Crippen LogP contribution < -0.4 is 5.32 Å². The van der Waals surface area contributed by atoms with E-state index >= 15 is 0 Å². The number of aromatic nitrogens is 3. The number of carbonyl (C=O) groups excluding carboxylic acids is 1. The van der Waals surface area contributed by atoms with Gasteiger partial charge in [-0.3, -0.25) is 4.79 Å². The van der Waals surface area contributed by atoms with Gasteiger partial charge in [-0.25, -0.2) is 18.4 Å². The van der Waals surface area contributed by atoms with Gasteiger partial charge in [-0.1, -0.05) is 31.2 Å². The minimum Gasteiger partial charge on any atom is -0.383 e. The molecular weight excluding hydrogens is 635 g/mol. The van der Waals surface area contributed by atoms with Crippen LogP contribution in [0.25, 0.3) is 10.8 Å². The van der Waals surface area contributed by atoms with Crippen molar-refractivity contribution in [1.29, 1.82) is 0 Å². The molecule has 2 heterocycles. The van der Waals surface area contributed by atoms with Crippen molar-refractivity contribution >= 4 is 22.4 Å². The molecule has 0 saturated carbocycles. The van der Waals surface area contributed by atoms with Crippen LogP contribution in [0, 0.1) is 23.5 Å². The van der Waals surface area contributed by atoms with Crippen molar-refractivity contribution in [3.05, 3.63) is 125 Å². The molecule has 1 aromatic heterocycles. The van der Waals surface area contributed by atoms with Crippen LogP contribution in [-0.2, 0) is 27.8 Å². The molecule has 0 radical (unpaired) electrons. The maximum absolute atomic E-state index is 14.9. The lowest BCUT2D eigenvalue weighted by molar-refractivity contribution is -0.210. The third-order valence-corrected chi connectivity index (χ3v) is 8.60. The number of amides is 1. The SMILES string of the molecule is CC(CC1COC(c2ccc3cc(C(=O)Nc4ccc(C(F)(F)F)cc4)ccc3c2)OC1)C(O)(Cn1cncn1)c1ccc(F)cc1F. The molecule has 1 aliphatic rings. The Morgan fingerprint density at radius 3 is 2.35 bits per heavy atom. The third kappa shape index (κ3) is 7.23. The number of halogens is 5. The number of hydrogen-bond donors (Lipinski definition) is 2. The quantitative estimate of drug-likeness (QED) is 0.161. The zero-order valence-electron chi connectivity index (χ0n) is 25.6. The summed E-state index contributed by atoms with van der Waals surface area (Å²) in [5.74, 6) is -2.71. The number of anilines is 1. The number of alkyl halides is 3. The number of aliphatic hydroxyl groups is 1. The lowest BCUT2D eigenvalue weighted by atomic mass is 9.77. The normalized spacial score (nSPS) is 18.7. The number of benzene rings is 4. The van der Waals surface area contributed by atoms with Gasteiger partial charge in [0.2, 0.25) is 0 Å². The van der Waals surface area contributed by atoms with Gasteiger partial charge >= 0.3 is 6.18 Å². The van der Waals surface area contributed by atoms with Gasteiger partial charge in [-0.05, 0) is 71.6 Å². The molecule has 250 valence electrons. The first kappa shape index (κ1) is 33.2. The molecule has 6 rings (SSSR count). The molecule has 13 heteroatoms. The van der Waals surface area contributed by atoms with Crippen LogP contribution in [0.5, 0.6) is 0 Å². The first-order valence-corrected chi connectivity index (χ1v) is 15.1. The van der Waals surface area contributed by atoms with Crippen LogP contribution in [0.15, 0.2) is 91.5 Å². The topological polar surface area (TPSA) is 98.5 Å². The summed E-state index contributed by atoms with van der Waals surface area (Å²) in [6.07, 6.45) is -1.99. The van der Waals surface area contributed by atoms with Gasteiger partial charge in [0, 0.05) is 34.4 Å². The molecule has 1 fully saturated rings. The highest BCUT2D eigenvalue weighted by atomic mass is 19.4. The Labute approximate surface area is 272 Å². The number of ether oxygens (including phenoxy) is 2. The highest BCUT2D eigenvalue weighted by Crippen LogP contribution is 2.39. The molecule has 0 spiro atoms. The number of carbonyl (C=O) groups is 1. The molecule has 1 aliphatic heterocycles. The van der Waals surface area contributed by atoms with Crippen molar-refractivity contribution in [1.82, 2.24) is 14.8 Å². The maximum atomic E-state index is 14.9. The summed E-state index contributed by atoms with van der Waals surface area (Å²) in [6.45, 7) is 2.30. The molecule has 8 nitrogen and oxygen atoms in total. The van der Waals surface area contributed by atoms with Crippen molar-refractivity contribution in [3.8, 4) is 0 Å². The van der Waals surface area contributed by atoms with E-state index in [1.165, 1.54) is 35.5 Å². The summed E-state index contributed by atoms with van der Waals surface area (Å²) >= 11 is 0. The smallest absolute Gasteiger partial charge is 0.383 e. The van der Waals surface area contributed by atoms with Gasteiger partial charge in [0.25, 0.3) is 5.91 Å². The van der Waals surface area contributed by atoms with E-state index in [1.807, 2.05) is 18.2 Å². The second-order valence-electron chi connectivity index (χ2n) is 12.0. The number of rotatable bonds is 9. The fourth-order valence-electron chi connectivity index (χ4n) is 5.97. The average molecular weight is 667 g/mol. The molecule has 0 bridgehead atoms. The number of fused-ring (bicyclic) bond motifs is 1. The highest BCUT2D eigenvalue weighted by molar-refractivity contribution is 6.06. The van der Waals surface area contributed by atoms with Gasteiger partial charge in [-0.2, -0.15) is 18.3 Å². The predicted octanol–water partition coefficient (Wildman–Crippen LogP) is 7.26. The number of hydrogen-bond acceptors (Lipinski definition) is 6. The summed E-state index contributed by atoms with van der Waals surface area (Å²) in [7, 11) is 0. The molecule has 2 unspecified atom stereocenters. The summed E-state index contributed by atoms with van der Waals surface area (Å²) in [4.78, 5) is 16.7. The van der Waals surface area contributed by atoms with Crippen molar-refractivity contribution in [2.75, 3.05) is 18.5 Å². The van der Waals surface area contributed by atoms with Gasteiger partial charge in [0.15, 0.2) is 6.29 Å². The maximum Gasteiger partial charge on any atom is 0.416 e. The van der Waals surface area contributed by atoms with Gasteiger partial charge in [0.05, 0.1) is 25.3 Å². The van der Waals surface area contributed by atoms with E-state index in [2.05, 4.69) is 15.4 Å². The molecule has 0 aliphatic carbocycles. The van der Waals surface area contributed by atoms with E-state index in [9.17, 15) is 31.9 Å². The van der Waals surface area contributed by atoms with Gasteiger partial charge in [-0.15, -0.1) is 0 Å². The molecular formula is C35H31F5N4O4. The molecule has 4 aromatic carbocycles. The average Bonchev–Trinajstić information content (AvgIpc) is 3.57.